The first kappa shape index (κ1) is 14.9. The Labute approximate surface area is 133 Å². The Kier molecular flexibility index (Phi) is 3.36. The van der Waals surface area contributed by atoms with Crippen LogP contribution in [-0.2, 0) is 9.53 Å². The molecule has 2 atom stereocenters. The first-order valence-electron chi connectivity index (χ1n) is 9.22. The van der Waals surface area contributed by atoms with Crippen LogP contribution < -0.4 is 5.32 Å². The Balaban J connectivity index is 1.75. The van der Waals surface area contributed by atoms with E-state index in [-0.39, 0.29) is 23.5 Å². The lowest BCUT2D eigenvalue weighted by Gasteiger charge is -2.44. The van der Waals surface area contributed by atoms with E-state index in [2.05, 4.69) is 12.2 Å². The predicted octanol–water partition coefficient (Wildman–Crippen LogP) is 2.39. The third-order valence-electron chi connectivity index (χ3n) is 6.62. The average Bonchev–Trinajstić information content (AvgIpc) is 3.42. The summed E-state index contributed by atoms with van der Waals surface area (Å²) >= 11 is 0. The lowest BCUT2D eigenvalue weighted by Crippen LogP contribution is -2.57. The minimum absolute atomic E-state index is 0.0665. The number of hydrogen-bond donors (Lipinski definition) is 2. The number of rotatable bonds is 6. The van der Waals surface area contributed by atoms with Crippen molar-refractivity contribution in [1.82, 2.24) is 5.32 Å². The van der Waals surface area contributed by atoms with E-state index in [9.17, 15) is 9.90 Å². The Morgan fingerprint density at radius 2 is 1.91 bits per heavy atom. The number of hydrogen-bond acceptors (Lipinski definition) is 3. The van der Waals surface area contributed by atoms with Crippen LogP contribution in [0.15, 0.2) is 0 Å². The topological polar surface area (TPSA) is 58.6 Å². The molecule has 22 heavy (non-hydrogen) atoms. The van der Waals surface area contributed by atoms with E-state index in [4.69, 9.17) is 4.74 Å². The van der Waals surface area contributed by atoms with Gasteiger partial charge in [0.2, 0.25) is 5.91 Å². The molecule has 124 valence electrons. The van der Waals surface area contributed by atoms with Crippen molar-refractivity contribution < 1.29 is 14.6 Å². The second-order valence-electron chi connectivity index (χ2n) is 8.15. The van der Waals surface area contributed by atoms with E-state index in [1.165, 1.54) is 25.7 Å². The number of aliphatic hydroxyl groups excluding tert-OH is 1. The minimum atomic E-state index is -0.451. The fourth-order valence-corrected chi connectivity index (χ4v) is 5.57. The molecular weight excluding hydrogens is 278 g/mol. The van der Waals surface area contributed by atoms with Gasteiger partial charge in [-0.05, 0) is 69.6 Å². The summed E-state index contributed by atoms with van der Waals surface area (Å²) in [5.41, 5.74) is -1.11. The molecule has 0 aromatic carbocycles. The fourth-order valence-electron chi connectivity index (χ4n) is 5.57. The van der Waals surface area contributed by atoms with Gasteiger partial charge in [0.05, 0.1) is 23.2 Å². The van der Waals surface area contributed by atoms with E-state index in [0.29, 0.717) is 11.8 Å². The Bertz CT molecular complexity index is 459. The van der Waals surface area contributed by atoms with Gasteiger partial charge in [-0.1, -0.05) is 6.92 Å². The highest BCUT2D eigenvalue weighted by Crippen LogP contribution is 2.71. The van der Waals surface area contributed by atoms with Crippen LogP contribution in [-0.4, -0.2) is 35.4 Å². The average molecular weight is 307 g/mol. The Morgan fingerprint density at radius 1 is 1.23 bits per heavy atom. The second kappa shape index (κ2) is 4.94. The second-order valence-corrected chi connectivity index (χ2v) is 8.15. The van der Waals surface area contributed by atoms with E-state index < -0.39 is 5.60 Å². The van der Waals surface area contributed by atoms with Crippen LogP contribution in [0.1, 0.15) is 64.7 Å². The van der Waals surface area contributed by atoms with Gasteiger partial charge in [0.1, 0.15) is 0 Å². The quantitative estimate of drug-likeness (QED) is 0.792. The zero-order valence-corrected chi connectivity index (χ0v) is 13.7. The monoisotopic (exact) mass is 307 g/mol. The Hall–Kier alpha value is -0.610. The molecule has 4 heteroatoms. The zero-order valence-electron chi connectivity index (χ0n) is 13.7. The van der Waals surface area contributed by atoms with Gasteiger partial charge in [-0.15, -0.1) is 0 Å². The maximum Gasteiger partial charge on any atom is 0.229 e. The van der Waals surface area contributed by atoms with Crippen molar-refractivity contribution in [2.24, 2.45) is 17.3 Å². The van der Waals surface area contributed by atoms with Gasteiger partial charge in [-0.2, -0.15) is 0 Å². The van der Waals surface area contributed by atoms with Gasteiger partial charge in [0.15, 0.2) is 0 Å². The van der Waals surface area contributed by atoms with Crippen LogP contribution in [0.3, 0.4) is 0 Å². The van der Waals surface area contributed by atoms with Gasteiger partial charge >= 0.3 is 0 Å². The van der Waals surface area contributed by atoms with Crippen molar-refractivity contribution in [3.63, 3.8) is 0 Å². The van der Waals surface area contributed by atoms with Gasteiger partial charge in [-0.25, -0.2) is 0 Å². The summed E-state index contributed by atoms with van der Waals surface area (Å²) in [6, 6.07) is 0. The maximum absolute atomic E-state index is 13.2. The number of fused-ring (bicyclic) bond motifs is 2. The lowest BCUT2D eigenvalue weighted by atomic mass is 9.59. The van der Waals surface area contributed by atoms with Crippen molar-refractivity contribution in [3.05, 3.63) is 0 Å². The highest BCUT2D eigenvalue weighted by molar-refractivity contribution is 5.85. The number of aliphatic hydroxyl groups is 1. The molecular formula is C18H29NO3. The third-order valence-corrected chi connectivity index (χ3v) is 6.62. The summed E-state index contributed by atoms with van der Waals surface area (Å²) in [6.45, 7) is 2.91. The fraction of sp³-hybridized carbons (Fsp3) is 0.944. The number of ether oxygens (including phenoxy) is 1. The molecule has 4 rings (SSSR count). The summed E-state index contributed by atoms with van der Waals surface area (Å²) < 4.78 is 6.75. The highest BCUT2D eigenvalue weighted by atomic mass is 16.5. The first-order valence-corrected chi connectivity index (χ1v) is 9.22. The molecule has 4 nitrogen and oxygen atoms in total. The van der Waals surface area contributed by atoms with E-state index >= 15 is 0 Å². The zero-order chi connectivity index (χ0) is 15.4. The smallest absolute Gasteiger partial charge is 0.229 e. The highest BCUT2D eigenvalue weighted by Gasteiger charge is 2.76. The van der Waals surface area contributed by atoms with Crippen LogP contribution in [0, 0.1) is 17.3 Å². The molecule has 1 saturated heterocycles. The summed E-state index contributed by atoms with van der Waals surface area (Å²) in [7, 11) is 0. The third kappa shape index (κ3) is 1.86. The molecule has 4 aliphatic rings. The molecule has 1 amide bonds. The number of amides is 1. The van der Waals surface area contributed by atoms with Crippen molar-refractivity contribution in [1.29, 1.82) is 0 Å². The SMILES string of the molecule is CCCNC(=O)C12CCCC(CO)(C1)OC2(C1CC1)C1CC1. The van der Waals surface area contributed by atoms with Gasteiger partial charge in [0.25, 0.3) is 0 Å². The molecule has 0 radical (unpaired) electrons. The van der Waals surface area contributed by atoms with Gasteiger partial charge in [0, 0.05) is 6.54 Å². The summed E-state index contributed by atoms with van der Waals surface area (Å²) in [5, 5.41) is 13.2. The Morgan fingerprint density at radius 3 is 2.45 bits per heavy atom. The first-order chi connectivity index (χ1) is 10.6. The predicted molar refractivity (Wildman–Crippen MR) is 83.3 cm³/mol. The maximum atomic E-state index is 13.2. The van der Waals surface area contributed by atoms with Crippen LogP contribution in [0.25, 0.3) is 0 Å². The molecule has 1 heterocycles. The molecule has 1 aliphatic heterocycles. The van der Waals surface area contributed by atoms with Crippen LogP contribution in [0.5, 0.6) is 0 Å². The molecule has 3 aliphatic carbocycles. The molecule has 0 aromatic rings. The molecule has 4 fully saturated rings. The van der Waals surface area contributed by atoms with Crippen LogP contribution in [0.4, 0.5) is 0 Å². The van der Waals surface area contributed by atoms with Crippen molar-refractivity contribution >= 4 is 5.91 Å². The van der Waals surface area contributed by atoms with Crippen molar-refractivity contribution in [2.75, 3.05) is 13.2 Å². The van der Waals surface area contributed by atoms with Gasteiger partial charge < -0.3 is 15.2 Å². The molecule has 2 bridgehead atoms. The standard InChI is InChI=1S/C18H29NO3/c1-2-10-19-15(21)17-9-3-8-16(11-17,12-20)22-18(17,13-4-5-13)14-6-7-14/h13-14,20H,2-12H2,1H3,(H,19,21). The van der Waals surface area contributed by atoms with Crippen LogP contribution in [0.2, 0.25) is 0 Å². The van der Waals surface area contributed by atoms with E-state index in [1.807, 2.05) is 0 Å². The number of carbonyl (C=O) groups is 1. The number of carbonyl (C=O) groups excluding carboxylic acids is 1. The van der Waals surface area contributed by atoms with Gasteiger partial charge in [-0.3, -0.25) is 4.79 Å². The molecule has 2 unspecified atom stereocenters. The van der Waals surface area contributed by atoms with E-state index in [0.717, 1.165) is 38.6 Å². The lowest BCUT2D eigenvalue weighted by molar-refractivity contribution is -0.169. The van der Waals surface area contributed by atoms with Crippen molar-refractivity contribution in [3.8, 4) is 0 Å². The van der Waals surface area contributed by atoms with E-state index in [1.54, 1.807) is 0 Å². The number of nitrogens with one attached hydrogen (secondary N) is 1. The summed E-state index contributed by atoms with van der Waals surface area (Å²) in [4.78, 5) is 13.2. The van der Waals surface area contributed by atoms with Crippen LogP contribution >= 0.6 is 0 Å². The molecule has 2 N–H and O–H groups in total. The molecule has 3 saturated carbocycles. The summed E-state index contributed by atoms with van der Waals surface area (Å²) in [6.07, 6.45) is 9.34. The van der Waals surface area contributed by atoms with Crippen molar-refractivity contribution in [2.45, 2.75) is 75.9 Å². The summed E-state index contributed by atoms with van der Waals surface area (Å²) in [5.74, 6) is 1.29. The molecule has 0 aromatic heterocycles. The minimum Gasteiger partial charge on any atom is -0.393 e. The normalized spacial score (nSPS) is 39.7. The molecule has 0 spiro atoms. The largest absolute Gasteiger partial charge is 0.393 e.